The maximum absolute atomic E-state index is 10.9. The van der Waals surface area contributed by atoms with Crippen LogP contribution in [0.2, 0.25) is 0 Å². The summed E-state index contributed by atoms with van der Waals surface area (Å²) in [4.78, 5) is 26.1. The Balaban J connectivity index is 2.99. The molecule has 1 rings (SSSR count). The monoisotopic (exact) mass is 220 g/mol. The fraction of sp³-hybridized carbons (Fsp3) is 0. The lowest BCUT2D eigenvalue weighted by atomic mass is 10.6. The van der Waals surface area contributed by atoms with Gasteiger partial charge in [-0.05, 0) is 21.3 Å². The molecule has 78 valence electrons. The summed E-state index contributed by atoms with van der Waals surface area (Å²) in [5, 5.41) is 18.0. The Bertz CT molecular complexity index is 471. The van der Waals surface area contributed by atoms with E-state index in [1.807, 2.05) is 0 Å². The number of carbonyl (C=O) groups excluding carboxylic acids is 2. The molecule has 2 amide bonds. The lowest BCUT2D eigenvalue weighted by Crippen LogP contribution is -2.11. The second kappa shape index (κ2) is 4.95. The predicted molar refractivity (Wildman–Crippen MR) is 44.6 cm³/mol. The minimum atomic E-state index is -1.09. The fourth-order valence-electron chi connectivity index (χ4n) is 0.571. The van der Waals surface area contributed by atoms with Gasteiger partial charge in [0.2, 0.25) is 11.6 Å². The zero-order valence-corrected chi connectivity index (χ0v) is 7.29. The average molecular weight is 220 g/mol. The van der Waals surface area contributed by atoms with Crippen molar-refractivity contribution in [3.05, 3.63) is 32.5 Å². The van der Waals surface area contributed by atoms with Gasteiger partial charge in [0, 0.05) is 9.82 Å². The Morgan fingerprint density at radius 3 is 1.44 bits per heavy atom. The summed E-state index contributed by atoms with van der Waals surface area (Å²) < 4.78 is 0. The molecule has 1 aromatic heterocycles. The predicted octanol–water partition coefficient (Wildman–Crippen LogP) is 0.168. The molecule has 0 aliphatic heterocycles. The van der Waals surface area contributed by atoms with E-state index in [2.05, 4.69) is 40.4 Å². The third-order valence-corrected chi connectivity index (χ3v) is 1.13. The third kappa shape index (κ3) is 2.45. The van der Waals surface area contributed by atoms with Crippen LogP contribution in [0.3, 0.4) is 0 Å². The summed E-state index contributed by atoms with van der Waals surface area (Å²) in [6, 6.07) is 0. The van der Waals surface area contributed by atoms with Crippen LogP contribution in [-0.4, -0.2) is 32.2 Å². The summed E-state index contributed by atoms with van der Waals surface area (Å²) in [7, 11) is 0. The molecular weight excluding hydrogens is 220 g/mol. The van der Waals surface area contributed by atoms with Gasteiger partial charge in [0.15, 0.2) is 0 Å². The molecule has 0 atom stereocenters. The van der Waals surface area contributed by atoms with E-state index in [1.165, 1.54) is 0 Å². The number of hydrogen-bond acceptors (Lipinski definition) is 6. The van der Waals surface area contributed by atoms with Gasteiger partial charge < -0.3 is 0 Å². The number of nitrogens with zero attached hydrogens (tertiary/aromatic N) is 10. The van der Waals surface area contributed by atoms with Gasteiger partial charge in [-0.25, -0.2) is 0 Å². The van der Waals surface area contributed by atoms with Gasteiger partial charge in [0.05, 0.1) is 0 Å². The molecule has 0 saturated carbocycles. The van der Waals surface area contributed by atoms with Crippen molar-refractivity contribution >= 4 is 11.8 Å². The van der Waals surface area contributed by atoms with E-state index < -0.39 is 23.5 Å². The first kappa shape index (κ1) is 11.0. The molecule has 0 N–H and O–H groups in total. The number of amides is 2. The first-order valence-electron chi connectivity index (χ1n) is 3.45. The van der Waals surface area contributed by atoms with Crippen LogP contribution in [0.15, 0.2) is 10.2 Å². The molecule has 16 heavy (non-hydrogen) atoms. The maximum atomic E-state index is 10.9. The number of carbonyl (C=O) groups is 2. The Morgan fingerprint density at radius 1 is 0.875 bits per heavy atom. The van der Waals surface area contributed by atoms with Gasteiger partial charge in [-0.1, -0.05) is 0 Å². The minimum Gasteiger partial charge on any atom is -0.283 e. The highest BCUT2D eigenvalue weighted by Gasteiger charge is 2.12. The first-order chi connectivity index (χ1) is 7.69. The molecule has 12 heteroatoms. The van der Waals surface area contributed by atoms with E-state index in [0.29, 0.717) is 0 Å². The average Bonchev–Trinajstić information content (AvgIpc) is 2.30. The van der Waals surface area contributed by atoms with Crippen molar-refractivity contribution in [3.63, 3.8) is 0 Å². The maximum Gasteiger partial charge on any atom is 0.290 e. The number of aromatic nitrogens is 4. The van der Waals surface area contributed by atoms with Crippen LogP contribution < -0.4 is 0 Å². The van der Waals surface area contributed by atoms with Crippen molar-refractivity contribution in [2.45, 2.75) is 0 Å². The minimum absolute atomic E-state index is 0.574. The van der Waals surface area contributed by atoms with Gasteiger partial charge >= 0.3 is 0 Å². The zero-order chi connectivity index (χ0) is 12.0. The highest BCUT2D eigenvalue weighted by atomic mass is 16.2. The Labute approximate surface area is 85.6 Å². The van der Waals surface area contributed by atoms with E-state index in [4.69, 9.17) is 11.1 Å². The first-order valence-corrected chi connectivity index (χ1v) is 3.45. The quantitative estimate of drug-likeness (QED) is 0.388. The van der Waals surface area contributed by atoms with Crippen molar-refractivity contribution in [3.8, 4) is 0 Å². The van der Waals surface area contributed by atoms with E-state index in [9.17, 15) is 9.59 Å². The Morgan fingerprint density at radius 2 is 1.19 bits per heavy atom. The van der Waals surface area contributed by atoms with Gasteiger partial charge in [0.1, 0.15) is 0 Å². The molecule has 0 spiro atoms. The van der Waals surface area contributed by atoms with E-state index in [1.54, 1.807) is 0 Å². The van der Waals surface area contributed by atoms with Crippen LogP contribution in [0.5, 0.6) is 0 Å². The van der Waals surface area contributed by atoms with Crippen molar-refractivity contribution in [1.29, 1.82) is 0 Å². The molecule has 0 aliphatic carbocycles. The van der Waals surface area contributed by atoms with Crippen LogP contribution in [0.1, 0.15) is 21.2 Å². The Hall–Kier alpha value is -3.10. The van der Waals surface area contributed by atoms with Crippen LogP contribution in [0.25, 0.3) is 20.9 Å². The van der Waals surface area contributed by atoms with Crippen LogP contribution in [-0.2, 0) is 0 Å². The number of azide groups is 2. The Kier molecular flexibility index (Phi) is 3.40. The normalized spacial score (nSPS) is 8.50. The van der Waals surface area contributed by atoms with Gasteiger partial charge in [-0.3, -0.25) is 9.59 Å². The molecule has 0 fully saturated rings. The molecule has 0 radical (unpaired) electrons. The second-order valence-electron chi connectivity index (χ2n) is 2.04. The highest BCUT2D eigenvalue weighted by Crippen LogP contribution is 1.93. The highest BCUT2D eigenvalue weighted by molar-refractivity contribution is 5.92. The standard InChI is InChI=1S/C4N10O2/c5-13-11-3(15)1-7-9-2(10-8-1)4(16)12-14-6. The number of hydrogen-bond donors (Lipinski definition) is 0. The lowest BCUT2D eigenvalue weighted by Gasteiger charge is -1.91. The molecule has 1 heterocycles. The number of rotatable bonds is 2. The largest absolute Gasteiger partial charge is 0.290 e. The summed E-state index contributed by atoms with van der Waals surface area (Å²) in [6.07, 6.45) is 0. The van der Waals surface area contributed by atoms with Crippen molar-refractivity contribution < 1.29 is 9.59 Å². The summed E-state index contributed by atoms with van der Waals surface area (Å²) in [6.45, 7) is 0. The summed E-state index contributed by atoms with van der Waals surface area (Å²) in [5.74, 6) is -3.33. The SMILES string of the molecule is [N-]=[N+]=NC(=O)c1nnc(C(=O)N=[N+]=[N-])nn1. The molecule has 12 nitrogen and oxygen atoms in total. The van der Waals surface area contributed by atoms with Crippen LogP contribution in [0.4, 0.5) is 0 Å². The van der Waals surface area contributed by atoms with Gasteiger partial charge in [0.25, 0.3) is 11.8 Å². The van der Waals surface area contributed by atoms with Crippen molar-refractivity contribution in [2.24, 2.45) is 10.2 Å². The smallest absolute Gasteiger partial charge is 0.283 e. The summed E-state index contributed by atoms with van der Waals surface area (Å²) >= 11 is 0. The molecule has 1 aromatic rings. The van der Waals surface area contributed by atoms with E-state index >= 15 is 0 Å². The topological polar surface area (TPSA) is 183 Å². The molecule has 0 aliphatic rings. The van der Waals surface area contributed by atoms with E-state index in [0.717, 1.165) is 0 Å². The fourth-order valence-corrected chi connectivity index (χ4v) is 0.571. The lowest BCUT2D eigenvalue weighted by molar-refractivity contribution is 0.0968. The second-order valence-corrected chi connectivity index (χ2v) is 2.04. The van der Waals surface area contributed by atoms with E-state index in [-0.39, 0.29) is 0 Å². The molecule has 0 bridgehead atoms. The molecule has 0 saturated heterocycles. The van der Waals surface area contributed by atoms with Gasteiger partial charge in [-0.15, -0.1) is 20.4 Å². The molecule has 0 aromatic carbocycles. The summed E-state index contributed by atoms with van der Waals surface area (Å²) in [5.41, 5.74) is 15.9. The van der Waals surface area contributed by atoms with Crippen LogP contribution >= 0.6 is 0 Å². The molecule has 0 unspecified atom stereocenters. The third-order valence-electron chi connectivity index (χ3n) is 1.13. The van der Waals surface area contributed by atoms with Crippen LogP contribution in [0, 0.1) is 0 Å². The van der Waals surface area contributed by atoms with Gasteiger partial charge in [-0.2, -0.15) is 0 Å². The van der Waals surface area contributed by atoms with Crippen molar-refractivity contribution in [1.82, 2.24) is 20.4 Å². The van der Waals surface area contributed by atoms with Crippen molar-refractivity contribution in [2.75, 3.05) is 0 Å². The zero-order valence-electron chi connectivity index (χ0n) is 7.29. The molecular formula is C4N10O2.